The zero-order valence-electron chi connectivity index (χ0n) is 19.0. The number of esters is 1. The van der Waals surface area contributed by atoms with Gasteiger partial charge in [-0.1, -0.05) is 18.1 Å². The molecule has 10 heteroatoms. The molecule has 0 saturated heterocycles. The fourth-order valence-electron chi connectivity index (χ4n) is 3.97. The lowest BCUT2D eigenvalue weighted by atomic mass is 10.1. The number of fused-ring (bicyclic) bond motifs is 1. The summed E-state index contributed by atoms with van der Waals surface area (Å²) in [5.74, 6) is -0.489. The highest BCUT2D eigenvalue weighted by atomic mass is 16.5. The first-order valence-electron chi connectivity index (χ1n) is 11.5. The second kappa shape index (κ2) is 10.8. The fraction of sp³-hybridized carbons (Fsp3) is 0.375. The molecule has 0 unspecified atom stereocenters. The van der Waals surface area contributed by atoms with E-state index < -0.39 is 5.97 Å². The number of rotatable bonds is 8. The van der Waals surface area contributed by atoms with Crippen molar-refractivity contribution in [3.8, 4) is 0 Å². The van der Waals surface area contributed by atoms with E-state index >= 15 is 0 Å². The van der Waals surface area contributed by atoms with Crippen molar-refractivity contribution in [2.75, 3.05) is 18.5 Å². The number of urea groups is 1. The Bertz CT molecular complexity index is 1170. The highest BCUT2D eigenvalue weighted by Gasteiger charge is 2.18. The van der Waals surface area contributed by atoms with Crippen molar-refractivity contribution in [1.29, 1.82) is 0 Å². The number of carbonyl (C=O) groups is 3. The molecule has 1 saturated carbocycles. The molecule has 0 radical (unpaired) electrons. The van der Waals surface area contributed by atoms with Crippen LogP contribution in [0.5, 0.6) is 0 Å². The van der Waals surface area contributed by atoms with Crippen LogP contribution in [-0.2, 0) is 11.3 Å². The third-order valence-electron chi connectivity index (χ3n) is 5.73. The molecule has 1 aliphatic carbocycles. The summed E-state index contributed by atoms with van der Waals surface area (Å²) in [7, 11) is 0. The van der Waals surface area contributed by atoms with Crippen molar-refractivity contribution in [2.24, 2.45) is 0 Å². The van der Waals surface area contributed by atoms with Gasteiger partial charge in [-0.2, -0.15) is 0 Å². The Balaban J connectivity index is 1.27. The van der Waals surface area contributed by atoms with Crippen LogP contribution < -0.4 is 16.0 Å². The summed E-state index contributed by atoms with van der Waals surface area (Å²) in [4.78, 5) is 36.4. The maximum Gasteiger partial charge on any atom is 0.338 e. The van der Waals surface area contributed by atoms with E-state index in [1.165, 1.54) is 0 Å². The maximum atomic E-state index is 12.5. The van der Waals surface area contributed by atoms with Gasteiger partial charge in [0.05, 0.1) is 24.2 Å². The summed E-state index contributed by atoms with van der Waals surface area (Å²) in [5, 5.41) is 16.9. The average molecular weight is 465 g/mol. The van der Waals surface area contributed by atoms with Crippen molar-refractivity contribution in [3.63, 3.8) is 0 Å². The van der Waals surface area contributed by atoms with Gasteiger partial charge in [-0.25, -0.2) is 14.3 Å². The molecule has 3 N–H and O–H groups in total. The van der Waals surface area contributed by atoms with Crippen LogP contribution in [-0.4, -0.2) is 52.1 Å². The Kier molecular flexibility index (Phi) is 7.36. The molecule has 0 aliphatic heterocycles. The minimum atomic E-state index is -0.403. The minimum Gasteiger partial charge on any atom is -0.462 e. The van der Waals surface area contributed by atoms with E-state index in [0.717, 1.165) is 31.2 Å². The van der Waals surface area contributed by atoms with Gasteiger partial charge in [0.15, 0.2) is 0 Å². The number of amides is 3. The van der Waals surface area contributed by atoms with Gasteiger partial charge in [0.25, 0.3) is 5.91 Å². The average Bonchev–Trinajstić information content (AvgIpc) is 3.49. The molecule has 0 spiro atoms. The monoisotopic (exact) mass is 464 g/mol. The van der Waals surface area contributed by atoms with Gasteiger partial charge in [-0.05, 0) is 62.2 Å². The SMILES string of the molecule is CCOC(=O)c1ccc(NC(=O)NCCn2nnc3cc(C(=O)NC4CCCC4)ccc32)cc1. The molecule has 3 aromatic rings. The largest absolute Gasteiger partial charge is 0.462 e. The zero-order valence-corrected chi connectivity index (χ0v) is 19.0. The molecular formula is C24H28N6O4. The predicted molar refractivity (Wildman–Crippen MR) is 127 cm³/mol. The number of aromatic nitrogens is 3. The number of carbonyl (C=O) groups excluding carboxylic acids is 3. The van der Waals surface area contributed by atoms with Crippen molar-refractivity contribution < 1.29 is 19.1 Å². The first-order valence-corrected chi connectivity index (χ1v) is 11.5. The number of anilines is 1. The van der Waals surface area contributed by atoms with Gasteiger partial charge in [-0.15, -0.1) is 5.10 Å². The molecule has 1 fully saturated rings. The highest BCUT2D eigenvalue weighted by Crippen LogP contribution is 2.19. The molecule has 1 heterocycles. The molecule has 3 amide bonds. The number of hydrogen-bond acceptors (Lipinski definition) is 6. The maximum absolute atomic E-state index is 12.5. The third kappa shape index (κ3) is 5.69. The lowest BCUT2D eigenvalue weighted by Crippen LogP contribution is -2.32. The standard InChI is InChI=1S/C24H28N6O4/c1-2-34-23(32)16-7-10-19(11-8-16)27-24(33)25-13-14-30-21-12-9-17(15-20(21)28-29-30)22(31)26-18-5-3-4-6-18/h7-12,15,18H,2-6,13-14H2,1H3,(H,26,31)(H2,25,27,33). The number of nitrogens with one attached hydrogen (secondary N) is 3. The van der Waals surface area contributed by atoms with Crippen LogP contribution in [0, 0.1) is 0 Å². The van der Waals surface area contributed by atoms with Gasteiger partial charge < -0.3 is 20.7 Å². The van der Waals surface area contributed by atoms with Crippen LogP contribution in [0.15, 0.2) is 42.5 Å². The number of hydrogen-bond donors (Lipinski definition) is 3. The molecule has 34 heavy (non-hydrogen) atoms. The summed E-state index contributed by atoms with van der Waals surface area (Å²) >= 11 is 0. The van der Waals surface area contributed by atoms with Crippen molar-refractivity contribution >= 4 is 34.6 Å². The van der Waals surface area contributed by atoms with Gasteiger partial charge in [0.1, 0.15) is 5.52 Å². The molecule has 1 aromatic heterocycles. The van der Waals surface area contributed by atoms with Gasteiger partial charge in [0.2, 0.25) is 0 Å². The van der Waals surface area contributed by atoms with E-state index in [4.69, 9.17) is 4.74 Å². The topological polar surface area (TPSA) is 127 Å². The van der Waals surface area contributed by atoms with Gasteiger partial charge >= 0.3 is 12.0 Å². The van der Waals surface area contributed by atoms with E-state index in [2.05, 4.69) is 26.3 Å². The van der Waals surface area contributed by atoms with Crippen LogP contribution in [0.25, 0.3) is 11.0 Å². The first kappa shape index (κ1) is 23.2. The van der Waals surface area contributed by atoms with Crippen molar-refractivity contribution in [2.45, 2.75) is 45.2 Å². The third-order valence-corrected chi connectivity index (χ3v) is 5.73. The first-order chi connectivity index (χ1) is 16.5. The fourth-order valence-corrected chi connectivity index (χ4v) is 3.97. The lowest BCUT2D eigenvalue weighted by molar-refractivity contribution is 0.0526. The number of ether oxygens (including phenoxy) is 1. The lowest BCUT2D eigenvalue weighted by Gasteiger charge is -2.11. The van der Waals surface area contributed by atoms with E-state index in [-0.39, 0.29) is 18.0 Å². The van der Waals surface area contributed by atoms with E-state index in [9.17, 15) is 14.4 Å². The second-order valence-corrected chi connectivity index (χ2v) is 8.15. The number of nitrogens with zero attached hydrogens (tertiary/aromatic N) is 3. The molecule has 2 aromatic carbocycles. The van der Waals surface area contributed by atoms with Crippen LogP contribution in [0.3, 0.4) is 0 Å². The summed E-state index contributed by atoms with van der Waals surface area (Å²) in [6.07, 6.45) is 4.38. The highest BCUT2D eigenvalue weighted by molar-refractivity contribution is 5.97. The van der Waals surface area contributed by atoms with Crippen LogP contribution in [0.4, 0.5) is 10.5 Å². The van der Waals surface area contributed by atoms with Crippen LogP contribution in [0.1, 0.15) is 53.3 Å². The summed E-state index contributed by atoms with van der Waals surface area (Å²) in [6.45, 7) is 2.79. The van der Waals surface area contributed by atoms with Crippen LogP contribution >= 0.6 is 0 Å². The summed E-state index contributed by atoms with van der Waals surface area (Å²) in [5.41, 5.74) is 2.96. The Labute approximate surface area is 197 Å². The molecule has 0 bridgehead atoms. The molecule has 10 nitrogen and oxygen atoms in total. The van der Waals surface area contributed by atoms with Crippen LogP contribution in [0.2, 0.25) is 0 Å². The molecular weight excluding hydrogens is 436 g/mol. The molecule has 178 valence electrons. The predicted octanol–water partition coefficient (Wildman–Crippen LogP) is 3.10. The number of benzene rings is 2. The van der Waals surface area contributed by atoms with E-state index in [0.29, 0.717) is 42.0 Å². The minimum absolute atomic E-state index is 0.0861. The normalized spacial score (nSPS) is 13.6. The second-order valence-electron chi connectivity index (χ2n) is 8.15. The van der Waals surface area contributed by atoms with Crippen molar-refractivity contribution in [3.05, 3.63) is 53.6 Å². The molecule has 4 rings (SSSR count). The Hall–Kier alpha value is -3.95. The van der Waals surface area contributed by atoms with E-state index in [1.54, 1.807) is 48.0 Å². The quantitative estimate of drug-likeness (QED) is 0.440. The summed E-state index contributed by atoms with van der Waals surface area (Å²) in [6, 6.07) is 11.7. The van der Waals surface area contributed by atoms with Gasteiger partial charge in [0, 0.05) is 23.8 Å². The molecule has 1 aliphatic rings. The molecule has 0 atom stereocenters. The smallest absolute Gasteiger partial charge is 0.338 e. The Morgan fingerprint density at radius 1 is 1.06 bits per heavy atom. The Morgan fingerprint density at radius 3 is 2.53 bits per heavy atom. The Morgan fingerprint density at radius 2 is 1.79 bits per heavy atom. The van der Waals surface area contributed by atoms with Gasteiger partial charge in [-0.3, -0.25) is 4.79 Å². The van der Waals surface area contributed by atoms with Crippen molar-refractivity contribution in [1.82, 2.24) is 25.6 Å². The summed E-state index contributed by atoms with van der Waals surface area (Å²) < 4.78 is 6.62. The van der Waals surface area contributed by atoms with E-state index in [1.807, 2.05) is 6.07 Å². The zero-order chi connectivity index (χ0) is 23.9.